The summed E-state index contributed by atoms with van der Waals surface area (Å²) in [7, 11) is 0. The monoisotopic (exact) mass is 420 g/mol. The number of fused-ring (bicyclic) bond motifs is 1. The van der Waals surface area contributed by atoms with Gasteiger partial charge in [-0.2, -0.15) is 0 Å². The molecule has 8 heteroatoms. The lowest BCUT2D eigenvalue weighted by molar-refractivity contribution is -0.554. The zero-order chi connectivity index (χ0) is 21.1. The summed E-state index contributed by atoms with van der Waals surface area (Å²) in [6, 6.07) is 0. The predicted molar refractivity (Wildman–Crippen MR) is 97.5 cm³/mol. The summed E-state index contributed by atoms with van der Waals surface area (Å²) in [6.45, 7) is 5.86. The molecule has 2 N–H and O–H groups in total. The molecule has 30 heavy (non-hydrogen) atoms. The van der Waals surface area contributed by atoms with E-state index in [0.717, 1.165) is 12.8 Å². The number of esters is 1. The predicted octanol–water partition coefficient (Wildman–Crippen LogP) is 0.523. The number of hydrogen-bond donors (Lipinski definition) is 2. The molecule has 5 saturated heterocycles. The molecule has 164 valence electrons. The minimum absolute atomic E-state index is 0.231. The van der Waals surface area contributed by atoms with Gasteiger partial charge in [-0.15, -0.1) is 0 Å². The molecule has 8 nitrogen and oxygen atoms in total. The van der Waals surface area contributed by atoms with Gasteiger partial charge in [-0.25, -0.2) is 0 Å². The van der Waals surface area contributed by atoms with Crippen LogP contribution in [0.3, 0.4) is 0 Å². The lowest BCUT2D eigenvalue weighted by Gasteiger charge is -2.79. The van der Waals surface area contributed by atoms with E-state index in [1.165, 1.54) is 6.92 Å². The van der Waals surface area contributed by atoms with Crippen molar-refractivity contribution >= 4 is 11.8 Å². The molecular formula is C22H28O8. The molecule has 11 atom stereocenters. The van der Waals surface area contributed by atoms with Crippen molar-refractivity contribution in [2.45, 2.75) is 82.4 Å². The third-order valence-corrected chi connectivity index (χ3v) is 10.0. The molecule has 9 aliphatic rings. The third-order valence-electron chi connectivity index (χ3n) is 10.0. The van der Waals surface area contributed by atoms with Gasteiger partial charge in [-0.05, 0) is 24.7 Å². The van der Waals surface area contributed by atoms with Gasteiger partial charge in [0.25, 0.3) is 0 Å². The second kappa shape index (κ2) is 4.81. The quantitative estimate of drug-likeness (QED) is 0.466. The minimum Gasteiger partial charge on any atom is -0.462 e. The van der Waals surface area contributed by atoms with Crippen molar-refractivity contribution in [3.63, 3.8) is 0 Å². The van der Waals surface area contributed by atoms with E-state index in [1.54, 1.807) is 0 Å². The molecule has 0 aromatic heterocycles. The van der Waals surface area contributed by atoms with Gasteiger partial charge < -0.3 is 29.2 Å². The number of carbonyl (C=O) groups excluding carboxylic acids is 2. The van der Waals surface area contributed by atoms with Crippen LogP contribution >= 0.6 is 0 Å². The first-order chi connectivity index (χ1) is 14.1. The van der Waals surface area contributed by atoms with E-state index >= 15 is 0 Å². The second-order valence-electron chi connectivity index (χ2n) is 11.4. The molecule has 5 heterocycles. The first-order valence-corrected chi connectivity index (χ1v) is 11.2. The number of epoxide rings is 1. The largest absolute Gasteiger partial charge is 0.462 e. The van der Waals surface area contributed by atoms with Crippen LogP contribution in [-0.4, -0.2) is 64.6 Å². The molecule has 0 aromatic carbocycles. The van der Waals surface area contributed by atoms with E-state index < -0.39 is 58.7 Å². The zero-order valence-electron chi connectivity index (χ0n) is 17.4. The van der Waals surface area contributed by atoms with E-state index in [4.69, 9.17) is 18.9 Å². The molecule has 0 aromatic rings. The van der Waals surface area contributed by atoms with Crippen LogP contribution in [0.15, 0.2) is 0 Å². The molecule has 0 radical (unpaired) electrons. The van der Waals surface area contributed by atoms with Crippen molar-refractivity contribution in [2.75, 3.05) is 6.61 Å². The van der Waals surface area contributed by atoms with Gasteiger partial charge in [0.2, 0.25) is 5.79 Å². The van der Waals surface area contributed by atoms with Gasteiger partial charge in [0.05, 0.1) is 12.7 Å². The van der Waals surface area contributed by atoms with Crippen molar-refractivity contribution in [3.8, 4) is 0 Å². The molecule has 9 rings (SSSR count). The van der Waals surface area contributed by atoms with Crippen LogP contribution in [0.2, 0.25) is 0 Å². The number of Topliss-reactive ketones (excluding diaryl/α,β-unsaturated/α-hetero) is 1. The molecule has 9 fully saturated rings. The fraction of sp³-hybridized carbons (Fsp3) is 0.909. The summed E-state index contributed by atoms with van der Waals surface area (Å²) >= 11 is 0. The highest BCUT2D eigenvalue weighted by Gasteiger charge is 2.97. The Hall–Kier alpha value is -1.06. The van der Waals surface area contributed by atoms with Crippen LogP contribution in [0.5, 0.6) is 0 Å². The fourth-order valence-corrected chi connectivity index (χ4v) is 9.40. The second-order valence-corrected chi connectivity index (χ2v) is 11.4. The van der Waals surface area contributed by atoms with Gasteiger partial charge in [-0.1, -0.05) is 20.3 Å². The van der Waals surface area contributed by atoms with Gasteiger partial charge in [-0.3, -0.25) is 9.59 Å². The highest BCUT2D eigenvalue weighted by Crippen LogP contribution is 2.83. The third kappa shape index (κ3) is 1.50. The van der Waals surface area contributed by atoms with Crippen molar-refractivity contribution in [2.24, 2.45) is 34.0 Å². The van der Waals surface area contributed by atoms with Crippen molar-refractivity contribution in [1.82, 2.24) is 0 Å². The van der Waals surface area contributed by atoms with Gasteiger partial charge in [0.1, 0.15) is 17.6 Å². The van der Waals surface area contributed by atoms with Crippen LogP contribution in [0.1, 0.15) is 46.5 Å². The zero-order valence-corrected chi connectivity index (χ0v) is 17.4. The lowest BCUT2D eigenvalue weighted by Crippen LogP contribution is -2.91. The first kappa shape index (κ1) is 18.5. The molecule has 4 saturated carbocycles. The Kier molecular flexibility index (Phi) is 2.97. The Labute approximate surface area is 174 Å². The van der Waals surface area contributed by atoms with Gasteiger partial charge in [0, 0.05) is 30.1 Å². The van der Waals surface area contributed by atoms with Crippen LogP contribution in [-0.2, 0) is 28.5 Å². The van der Waals surface area contributed by atoms with E-state index in [2.05, 4.69) is 13.8 Å². The van der Waals surface area contributed by atoms with Crippen LogP contribution in [0.4, 0.5) is 0 Å². The van der Waals surface area contributed by atoms with Crippen molar-refractivity contribution in [1.29, 1.82) is 0 Å². The van der Waals surface area contributed by atoms with Gasteiger partial charge in [0.15, 0.2) is 17.7 Å². The maximum Gasteiger partial charge on any atom is 0.302 e. The average molecular weight is 420 g/mol. The lowest BCUT2D eigenvalue weighted by atomic mass is 9.34. The molecule has 3 spiro atoms. The Bertz CT molecular complexity index is 896. The Morgan fingerprint density at radius 3 is 2.63 bits per heavy atom. The van der Waals surface area contributed by atoms with Crippen LogP contribution in [0, 0.1) is 34.0 Å². The first-order valence-electron chi connectivity index (χ1n) is 11.2. The van der Waals surface area contributed by atoms with Crippen LogP contribution in [0.25, 0.3) is 0 Å². The number of rotatable bonds is 1. The highest BCUT2D eigenvalue weighted by molar-refractivity contribution is 6.01. The minimum atomic E-state index is -2.07. The Morgan fingerprint density at radius 1 is 1.23 bits per heavy atom. The maximum atomic E-state index is 14.1. The topological polar surface area (TPSA) is 115 Å². The van der Waals surface area contributed by atoms with E-state index in [1.807, 2.05) is 0 Å². The smallest absolute Gasteiger partial charge is 0.302 e. The number of aliphatic hydroxyl groups excluding tert-OH is 1. The van der Waals surface area contributed by atoms with Crippen molar-refractivity contribution < 1.29 is 38.7 Å². The van der Waals surface area contributed by atoms with Gasteiger partial charge >= 0.3 is 5.97 Å². The van der Waals surface area contributed by atoms with E-state index in [0.29, 0.717) is 12.8 Å². The molecule has 0 amide bonds. The van der Waals surface area contributed by atoms with Crippen molar-refractivity contribution in [3.05, 3.63) is 0 Å². The highest BCUT2D eigenvalue weighted by atomic mass is 16.8. The molecular weight excluding hydrogens is 392 g/mol. The summed E-state index contributed by atoms with van der Waals surface area (Å²) in [4.78, 5) is 26.2. The summed E-state index contributed by atoms with van der Waals surface area (Å²) in [5.74, 6) is -3.82. The standard InChI is InChI=1S/C22H28O8/c1-9(23)28-11-7-10-15-21(16(25)20(10)8-27-20)12(11)19-6-4-5-18(2,3)13(19)14(24)22(21,26)30-17(19)29-15/h10-15,17,24,26H,4-8H2,1-3H3/t10-,11+,12+,13-,14+,15+,17?,19-,20+,21-,22+/m1/s1. The van der Waals surface area contributed by atoms with E-state index in [9.17, 15) is 19.8 Å². The summed E-state index contributed by atoms with van der Waals surface area (Å²) in [5, 5.41) is 23.7. The molecule has 1 unspecified atom stereocenters. The number of ether oxygens (including phenoxy) is 4. The number of ketones is 1. The number of aliphatic hydroxyl groups is 2. The number of carbonyl (C=O) groups is 2. The summed E-state index contributed by atoms with van der Waals surface area (Å²) in [6.07, 6.45) is -0.152. The maximum absolute atomic E-state index is 14.1. The Morgan fingerprint density at radius 2 is 1.97 bits per heavy atom. The molecule has 7 bridgehead atoms. The average Bonchev–Trinajstić information content (AvgIpc) is 3.43. The summed E-state index contributed by atoms with van der Waals surface area (Å²) < 4.78 is 24.2. The molecule has 4 aliphatic carbocycles. The Balaban J connectivity index is 1.54. The van der Waals surface area contributed by atoms with Crippen LogP contribution < -0.4 is 0 Å². The number of hydrogen-bond acceptors (Lipinski definition) is 8. The normalized spacial score (nSPS) is 63.1. The summed E-state index contributed by atoms with van der Waals surface area (Å²) in [5.41, 5.74) is -3.50. The SMILES string of the molecule is CC(=O)O[C@H]1C[C@@H]2[C@@H]3OC4O[C@@]5(O)[C@@H](O)[C@@H]6C(C)(C)CCC[C@]46[C@H]1[C@]35C(=O)[C@]21CO1. The van der Waals surface area contributed by atoms with E-state index in [-0.39, 0.29) is 29.6 Å². The molecule has 5 aliphatic heterocycles. The fourth-order valence-electron chi connectivity index (χ4n) is 9.40.